The standard InChI is InChI=1S/C25H25N3O6/c1-11-4-6-15-20(12(11)2)26-24(32)25(15)19-18(21(27-25)13(3)29)22(30)28(23(19)31)9-14-5-7-16-17(8-14)34-10-33-16/h4-8,13,18-19,21,27,29H,9-10H2,1-3H3,(H,26,32)/t13-,18+,19+,21+,25-/m1/s1. The summed E-state index contributed by atoms with van der Waals surface area (Å²) in [5.74, 6) is -1.84. The van der Waals surface area contributed by atoms with Crippen LogP contribution in [-0.2, 0) is 26.5 Å². The van der Waals surface area contributed by atoms with Gasteiger partial charge in [0.1, 0.15) is 5.54 Å². The number of likely N-dealkylation sites (tertiary alicyclic amines) is 1. The quantitative estimate of drug-likeness (QED) is 0.588. The van der Waals surface area contributed by atoms with Gasteiger partial charge in [-0.15, -0.1) is 0 Å². The largest absolute Gasteiger partial charge is 0.454 e. The summed E-state index contributed by atoms with van der Waals surface area (Å²) in [6, 6.07) is 8.28. The summed E-state index contributed by atoms with van der Waals surface area (Å²) in [5, 5.41) is 16.7. The van der Waals surface area contributed by atoms with Crippen LogP contribution in [0.1, 0.15) is 29.2 Å². The third-order valence-electron chi connectivity index (χ3n) is 7.74. The van der Waals surface area contributed by atoms with Crippen molar-refractivity contribution >= 4 is 23.4 Å². The van der Waals surface area contributed by atoms with Crippen molar-refractivity contribution in [2.24, 2.45) is 11.8 Å². The average Bonchev–Trinajstić information content (AvgIpc) is 3.53. The van der Waals surface area contributed by atoms with E-state index in [1.807, 2.05) is 26.0 Å². The van der Waals surface area contributed by atoms with Crippen LogP contribution in [0.2, 0.25) is 0 Å². The minimum absolute atomic E-state index is 0.0469. The summed E-state index contributed by atoms with van der Waals surface area (Å²) >= 11 is 0. The van der Waals surface area contributed by atoms with Crippen LogP contribution in [0.25, 0.3) is 0 Å². The SMILES string of the molecule is Cc1ccc2c(c1C)NC(=O)[C@@]21N[C@@H]([C@@H](C)O)[C@H]2C(=O)N(Cc3ccc4c(c3)OCO4)C(=O)[C@H]21. The Labute approximate surface area is 196 Å². The van der Waals surface area contributed by atoms with Gasteiger partial charge in [-0.1, -0.05) is 18.2 Å². The topological polar surface area (TPSA) is 117 Å². The van der Waals surface area contributed by atoms with E-state index in [9.17, 15) is 19.5 Å². The van der Waals surface area contributed by atoms with E-state index in [1.54, 1.807) is 25.1 Å². The van der Waals surface area contributed by atoms with Crippen LogP contribution in [0, 0.1) is 25.7 Å². The van der Waals surface area contributed by atoms with Gasteiger partial charge in [-0.3, -0.25) is 24.6 Å². The summed E-state index contributed by atoms with van der Waals surface area (Å²) in [6.07, 6.45) is -0.947. The molecule has 0 aliphatic carbocycles. The monoisotopic (exact) mass is 463 g/mol. The molecule has 9 nitrogen and oxygen atoms in total. The summed E-state index contributed by atoms with van der Waals surface area (Å²) in [4.78, 5) is 42.1. The fraction of sp³-hybridized carbons (Fsp3) is 0.400. The van der Waals surface area contributed by atoms with E-state index >= 15 is 0 Å². The number of carbonyl (C=O) groups excluding carboxylic acids is 3. The van der Waals surface area contributed by atoms with Gasteiger partial charge in [0.25, 0.3) is 0 Å². The number of benzene rings is 2. The Bertz CT molecular complexity index is 1270. The molecule has 2 aromatic rings. The molecule has 34 heavy (non-hydrogen) atoms. The van der Waals surface area contributed by atoms with Crippen molar-refractivity contribution in [1.29, 1.82) is 0 Å². The molecule has 0 bridgehead atoms. The van der Waals surface area contributed by atoms with E-state index < -0.39 is 41.3 Å². The highest BCUT2D eigenvalue weighted by molar-refractivity contribution is 6.15. The number of amides is 3. The highest BCUT2D eigenvalue weighted by Crippen LogP contribution is 2.54. The molecule has 2 aromatic carbocycles. The van der Waals surface area contributed by atoms with Crippen LogP contribution in [0.5, 0.6) is 11.5 Å². The van der Waals surface area contributed by atoms with E-state index in [-0.39, 0.29) is 19.2 Å². The maximum atomic E-state index is 13.8. The fourth-order valence-electron chi connectivity index (χ4n) is 5.90. The molecular weight excluding hydrogens is 438 g/mol. The minimum atomic E-state index is -1.42. The number of fused-ring (bicyclic) bond motifs is 5. The number of hydrogen-bond acceptors (Lipinski definition) is 7. The fourth-order valence-corrected chi connectivity index (χ4v) is 5.90. The molecule has 3 N–H and O–H groups in total. The van der Waals surface area contributed by atoms with Crippen molar-refractivity contribution in [3.8, 4) is 11.5 Å². The molecule has 6 rings (SSSR count). The molecule has 0 aromatic heterocycles. The second-order valence-corrected chi connectivity index (χ2v) is 9.56. The molecule has 4 heterocycles. The highest BCUT2D eigenvalue weighted by atomic mass is 16.7. The Balaban J connectivity index is 1.43. The third kappa shape index (κ3) is 2.59. The van der Waals surface area contributed by atoms with Crippen LogP contribution in [0.15, 0.2) is 30.3 Å². The normalized spacial score (nSPS) is 29.6. The molecule has 2 fully saturated rings. The molecule has 0 radical (unpaired) electrons. The second kappa shape index (κ2) is 7.04. The number of aliphatic hydroxyl groups excluding tert-OH is 1. The average molecular weight is 463 g/mol. The number of nitrogens with one attached hydrogen (secondary N) is 2. The Morgan fingerprint density at radius 3 is 2.65 bits per heavy atom. The predicted octanol–water partition coefficient (Wildman–Crippen LogP) is 1.33. The Hall–Kier alpha value is -3.43. The van der Waals surface area contributed by atoms with Crippen LogP contribution in [0.4, 0.5) is 5.69 Å². The van der Waals surface area contributed by atoms with Crippen LogP contribution in [-0.4, -0.2) is 46.7 Å². The second-order valence-electron chi connectivity index (χ2n) is 9.56. The number of ether oxygens (including phenoxy) is 2. The van der Waals surface area contributed by atoms with Crippen molar-refractivity contribution in [1.82, 2.24) is 10.2 Å². The van der Waals surface area contributed by atoms with E-state index in [2.05, 4.69) is 10.6 Å². The van der Waals surface area contributed by atoms with Gasteiger partial charge in [0.2, 0.25) is 24.5 Å². The number of anilines is 1. The first-order valence-corrected chi connectivity index (χ1v) is 11.4. The van der Waals surface area contributed by atoms with Crippen molar-refractivity contribution in [2.45, 2.75) is 45.0 Å². The van der Waals surface area contributed by atoms with Crippen LogP contribution >= 0.6 is 0 Å². The van der Waals surface area contributed by atoms with E-state index in [4.69, 9.17) is 9.47 Å². The van der Waals surface area contributed by atoms with Gasteiger partial charge >= 0.3 is 0 Å². The zero-order valence-electron chi connectivity index (χ0n) is 19.0. The number of aryl methyl sites for hydroxylation is 1. The Morgan fingerprint density at radius 1 is 1.12 bits per heavy atom. The Morgan fingerprint density at radius 2 is 1.88 bits per heavy atom. The molecule has 0 saturated carbocycles. The van der Waals surface area contributed by atoms with Gasteiger partial charge in [0.15, 0.2) is 11.5 Å². The maximum absolute atomic E-state index is 13.8. The minimum Gasteiger partial charge on any atom is -0.454 e. The van der Waals surface area contributed by atoms with Crippen LogP contribution < -0.4 is 20.1 Å². The van der Waals surface area contributed by atoms with Gasteiger partial charge < -0.3 is 19.9 Å². The number of rotatable bonds is 3. The number of imide groups is 1. The van der Waals surface area contributed by atoms with E-state index in [0.29, 0.717) is 28.3 Å². The number of aliphatic hydroxyl groups is 1. The lowest BCUT2D eigenvalue weighted by Gasteiger charge is -2.30. The highest BCUT2D eigenvalue weighted by Gasteiger charge is 2.71. The molecule has 4 aliphatic rings. The van der Waals surface area contributed by atoms with Gasteiger partial charge in [0, 0.05) is 17.3 Å². The number of carbonyl (C=O) groups is 3. The predicted molar refractivity (Wildman–Crippen MR) is 120 cm³/mol. The molecule has 176 valence electrons. The lowest BCUT2D eigenvalue weighted by molar-refractivity contribution is -0.143. The lowest BCUT2D eigenvalue weighted by Crippen LogP contribution is -2.54. The van der Waals surface area contributed by atoms with Gasteiger partial charge in [-0.25, -0.2) is 0 Å². The van der Waals surface area contributed by atoms with Crippen molar-refractivity contribution in [3.63, 3.8) is 0 Å². The van der Waals surface area contributed by atoms with Crippen LogP contribution in [0.3, 0.4) is 0 Å². The van der Waals surface area contributed by atoms with E-state index in [1.165, 1.54) is 4.90 Å². The van der Waals surface area contributed by atoms with Crippen molar-refractivity contribution in [3.05, 3.63) is 52.6 Å². The first-order valence-electron chi connectivity index (χ1n) is 11.4. The maximum Gasteiger partial charge on any atom is 0.250 e. The molecule has 3 amide bonds. The smallest absolute Gasteiger partial charge is 0.250 e. The zero-order valence-corrected chi connectivity index (χ0v) is 19.0. The van der Waals surface area contributed by atoms with Crippen molar-refractivity contribution < 1.29 is 29.0 Å². The van der Waals surface area contributed by atoms with Gasteiger partial charge in [-0.2, -0.15) is 0 Å². The van der Waals surface area contributed by atoms with Gasteiger partial charge in [-0.05, 0) is 49.6 Å². The van der Waals surface area contributed by atoms with Gasteiger partial charge in [0.05, 0.1) is 24.5 Å². The summed E-state index contributed by atoms with van der Waals surface area (Å²) < 4.78 is 10.8. The first-order chi connectivity index (χ1) is 16.2. The Kier molecular flexibility index (Phi) is 4.37. The molecule has 4 aliphatic heterocycles. The molecule has 1 spiro atoms. The molecular formula is C25H25N3O6. The molecule has 5 atom stereocenters. The summed E-state index contributed by atoms with van der Waals surface area (Å²) in [5.41, 5.74) is 2.52. The molecule has 9 heteroatoms. The first kappa shape index (κ1) is 21.1. The zero-order chi connectivity index (χ0) is 23.9. The number of nitrogens with zero attached hydrogens (tertiary/aromatic N) is 1. The summed E-state index contributed by atoms with van der Waals surface area (Å²) in [7, 11) is 0. The molecule has 2 saturated heterocycles. The number of hydrogen-bond donors (Lipinski definition) is 3. The summed E-state index contributed by atoms with van der Waals surface area (Å²) in [6.45, 7) is 5.61. The third-order valence-corrected chi connectivity index (χ3v) is 7.74. The molecule has 0 unspecified atom stereocenters. The lowest BCUT2D eigenvalue weighted by atomic mass is 9.76. The van der Waals surface area contributed by atoms with E-state index in [0.717, 1.165) is 11.1 Å². The van der Waals surface area contributed by atoms with Crippen molar-refractivity contribution in [2.75, 3.05) is 12.1 Å².